The third-order valence-electron chi connectivity index (χ3n) is 3.66. The van der Waals surface area contributed by atoms with E-state index in [0.29, 0.717) is 6.42 Å². The van der Waals surface area contributed by atoms with Gasteiger partial charge >= 0.3 is 0 Å². The quantitative estimate of drug-likeness (QED) is 0.927. The topological polar surface area (TPSA) is 41.6 Å². The summed E-state index contributed by atoms with van der Waals surface area (Å²) in [6.45, 7) is 10.8. The Bertz CT molecular complexity index is 471. The highest BCUT2D eigenvalue weighted by molar-refractivity contribution is 5.91. The van der Waals surface area contributed by atoms with Crippen LogP contribution in [0.15, 0.2) is 18.2 Å². The monoisotopic (exact) mass is 290 g/mol. The highest BCUT2D eigenvalue weighted by atomic mass is 16.5. The van der Waals surface area contributed by atoms with E-state index in [2.05, 4.69) is 30.1 Å². The average Bonchev–Trinajstić information content (AvgIpc) is 2.34. The van der Waals surface area contributed by atoms with Gasteiger partial charge in [0.1, 0.15) is 0 Å². The van der Waals surface area contributed by atoms with Crippen LogP contribution in [0.3, 0.4) is 0 Å². The number of nitrogens with zero attached hydrogens (tertiary/aromatic N) is 1. The maximum atomic E-state index is 12.1. The molecule has 1 aromatic rings. The molecule has 4 nitrogen and oxygen atoms in total. The molecule has 21 heavy (non-hydrogen) atoms. The van der Waals surface area contributed by atoms with Crippen molar-refractivity contribution in [3.05, 3.63) is 29.3 Å². The standard InChI is InChI=1S/C17H26N2O2/c1-12-7-13(2)9-16(8-12)18-17(20)5-6-19-10-14(3)21-15(4)11-19/h7-9,14-15H,5-6,10-11H2,1-4H3,(H,18,20)/t14-,15-/m1/s1. The Morgan fingerprint density at radius 2 is 1.76 bits per heavy atom. The fraction of sp³-hybridized carbons (Fsp3) is 0.588. The van der Waals surface area contributed by atoms with E-state index in [-0.39, 0.29) is 18.1 Å². The predicted molar refractivity (Wildman–Crippen MR) is 85.6 cm³/mol. The number of rotatable bonds is 4. The van der Waals surface area contributed by atoms with Crippen LogP contribution in [0.25, 0.3) is 0 Å². The van der Waals surface area contributed by atoms with E-state index < -0.39 is 0 Å². The van der Waals surface area contributed by atoms with Crippen molar-refractivity contribution in [2.45, 2.75) is 46.3 Å². The lowest BCUT2D eigenvalue weighted by molar-refractivity contribution is -0.117. The fourth-order valence-corrected chi connectivity index (χ4v) is 3.00. The van der Waals surface area contributed by atoms with Gasteiger partial charge in [0.05, 0.1) is 12.2 Å². The van der Waals surface area contributed by atoms with Crippen molar-refractivity contribution >= 4 is 11.6 Å². The molecule has 4 heteroatoms. The summed E-state index contributed by atoms with van der Waals surface area (Å²) >= 11 is 0. The Kier molecular flexibility index (Phi) is 5.37. The van der Waals surface area contributed by atoms with Gasteiger partial charge in [-0.2, -0.15) is 0 Å². The molecule has 0 bridgehead atoms. The van der Waals surface area contributed by atoms with Gasteiger partial charge in [-0.25, -0.2) is 0 Å². The molecular formula is C17H26N2O2. The van der Waals surface area contributed by atoms with Crippen molar-refractivity contribution in [3.63, 3.8) is 0 Å². The van der Waals surface area contributed by atoms with E-state index in [9.17, 15) is 4.79 Å². The highest BCUT2D eigenvalue weighted by Gasteiger charge is 2.22. The molecule has 1 heterocycles. The summed E-state index contributed by atoms with van der Waals surface area (Å²) in [5, 5.41) is 2.99. The van der Waals surface area contributed by atoms with E-state index in [1.165, 1.54) is 11.1 Å². The maximum Gasteiger partial charge on any atom is 0.225 e. The predicted octanol–water partition coefficient (Wildman–Crippen LogP) is 2.74. The molecule has 0 spiro atoms. The number of nitrogens with one attached hydrogen (secondary N) is 1. The van der Waals surface area contributed by atoms with E-state index in [1.807, 2.05) is 26.0 Å². The van der Waals surface area contributed by atoms with Crippen molar-refractivity contribution in [3.8, 4) is 0 Å². The van der Waals surface area contributed by atoms with Crippen LogP contribution >= 0.6 is 0 Å². The van der Waals surface area contributed by atoms with Crippen LogP contribution < -0.4 is 5.32 Å². The first-order valence-corrected chi connectivity index (χ1v) is 7.68. The minimum atomic E-state index is 0.0757. The fourth-order valence-electron chi connectivity index (χ4n) is 3.00. The molecule has 1 saturated heterocycles. The maximum absolute atomic E-state index is 12.1. The Morgan fingerprint density at radius 1 is 1.19 bits per heavy atom. The van der Waals surface area contributed by atoms with Gasteiger partial charge in [-0.3, -0.25) is 9.69 Å². The third-order valence-corrected chi connectivity index (χ3v) is 3.66. The summed E-state index contributed by atoms with van der Waals surface area (Å²) < 4.78 is 5.70. The number of ether oxygens (including phenoxy) is 1. The summed E-state index contributed by atoms with van der Waals surface area (Å²) in [6.07, 6.45) is 1.01. The van der Waals surface area contributed by atoms with E-state index >= 15 is 0 Å². The van der Waals surface area contributed by atoms with Crippen LogP contribution in [-0.2, 0) is 9.53 Å². The van der Waals surface area contributed by atoms with Gasteiger partial charge in [0.25, 0.3) is 0 Å². The second kappa shape index (κ2) is 7.05. The van der Waals surface area contributed by atoms with E-state index in [1.54, 1.807) is 0 Å². The minimum Gasteiger partial charge on any atom is -0.373 e. The number of amides is 1. The Balaban J connectivity index is 1.82. The molecule has 0 aliphatic carbocycles. The number of anilines is 1. The van der Waals surface area contributed by atoms with Gasteiger partial charge in [-0.15, -0.1) is 0 Å². The zero-order valence-corrected chi connectivity index (χ0v) is 13.5. The van der Waals surface area contributed by atoms with Crippen molar-refractivity contribution in [1.29, 1.82) is 0 Å². The molecule has 1 aromatic carbocycles. The Hall–Kier alpha value is -1.39. The number of morpholine rings is 1. The van der Waals surface area contributed by atoms with E-state index in [0.717, 1.165) is 25.3 Å². The largest absolute Gasteiger partial charge is 0.373 e. The van der Waals surface area contributed by atoms with Crippen molar-refractivity contribution in [2.75, 3.05) is 25.0 Å². The van der Waals surface area contributed by atoms with Gasteiger partial charge < -0.3 is 10.1 Å². The molecule has 0 radical (unpaired) electrons. The first kappa shape index (κ1) is 16.0. The lowest BCUT2D eigenvalue weighted by Gasteiger charge is -2.35. The molecule has 1 fully saturated rings. The number of carbonyl (C=O) groups is 1. The van der Waals surface area contributed by atoms with Crippen LogP contribution in [0.4, 0.5) is 5.69 Å². The molecule has 0 unspecified atom stereocenters. The number of benzene rings is 1. The molecule has 2 atom stereocenters. The number of carbonyl (C=O) groups excluding carboxylic acids is 1. The van der Waals surface area contributed by atoms with Crippen LogP contribution in [0.2, 0.25) is 0 Å². The molecule has 0 saturated carbocycles. The zero-order valence-electron chi connectivity index (χ0n) is 13.5. The molecule has 0 aromatic heterocycles. The van der Waals surface area contributed by atoms with Gasteiger partial charge in [0.15, 0.2) is 0 Å². The Labute approximate surface area is 127 Å². The first-order valence-electron chi connectivity index (χ1n) is 7.68. The number of hydrogen-bond donors (Lipinski definition) is 1. The molecule has 1 amide bonds. The highest BCUT2D eigenvalue weighted by Crippen LogP contribution is 2.15. The van der Waals surface area contributed by atoms with E-state index in [4.69, 9.17) is 4.74 Å². The summed E-state index contributed by atoms with van der Waals surface area (Å²) in [4.78, 5) is 14.4. The molecular weight excluding hydrogens is 264 g/mol. The number of hydrogen-bond acceptors (Lipinski definition) is 3. The minimum absolute atomic E-state index is 0.0757. The van der Waals surface area contributed by atoms with Crippen molar-refractivity contribution in [2.24, 2.45) is 0 Å². The molecule has 1 aliphatic heterocycles. The summed E-state index contributed by atoms with van der Waals surface area (Å²) in [7, 11) is 0. The van der Waals surface area contributed by atoms with Crippen molar-refractivity contribution < 1.29 is 9.53 Å². The van der Waals surface area contributed by atoms with Crippen LogP contribution in [-0.4, -0.2) is 42.6 Å². The second-order valence-electron chi connectivity index (χ2n) is 6.19. The number of aryl methyl sites for hydroxylation is 2. The summed E-state index contributed by atoms with van der Waals surface area (Å²) in [5.41, 5.74) is 3.23. The molecule has 1 aliphatic rings. The molecule has 116 valence electrons. The molecule has 1 N–H and O–H groups in total. The van der Waals surface area contributed by atoms with Gasteiger partial charge in [-0.05, 0) is 51.0 Å². The smallest absolute Gasteiger partial charge is 0.225 e. The van der Waals surface area contributed by atoms with Crippen molar-refractivity contribution in [1.82, 2.24) is 4.90 Å². The zero-order chi connectivity index (χ0) is 15.4. The Morgan fingerprint density at radius 3 is 2.33 bits per heavy atom. The summed E-state index contributed by atoms with van der Waals surface area (Å²) in [6, 6.07) is 6.11. The lowest BCUT2D eigenvalue weighted by Crippen LogP contribution is -2.46. The van der Waals surface area contributed by atoms with Gasteiger partial charge in [-0.1, -0.05) is 6.07 Å². The third kappa shape index (κ3) is 5.14. The first-order chi connectivity index (χ1) is 9.92. The average molecular weight is 290 g/mol. The second-order valence-corrected chi connectivity index (χ2v) is 6.19. The normalized spacial score (nSPS) is 23.0. The summed E-state index contributed by atoms with van der Waals surface area (Å²) in [5.74, 6) is 0.0757. The van der Waals surface area contributed by atoms with Crippen LogP contribution in [0.1, 0.15) is 31.4 Å². The van der Waals surface area contributed by atoms with Crippen LogP contribution in [0.5, 0.6) is 0 Å². The molecule has 2 rings (SSSR count). The lowest BCUT2D eigenvalue weighted by atomic mass is 10.1. The van der Waals surface area contributed by atoms with Gasteiger partial charge in [0, 0.05) is 31.7 Å². The van der Waals surface area contributed by atoms with Gasteiger partial charge in [0.2, 0.25) is 5.91 Å². The SMILES string of the molecule is Cc1cc(C)cc(NC(=O)CCN2C[C@@H](C)O[C@H](C)C2)c1. The van der Waals surface area contributed by atoms with Crippen LogP contribution in [0, 0.1) is 13.8 Å².